The van der Waals surface area contributed by atoms with Crippen LogP contribution in [0, 0.1) is 0 Å². The van der Waals surface area contributed by atoms with E-state index in [1.807, 2.05) is 0 Å². The molecule has 4 nitrogen and oxygen atoms in total. The minimum Gasteiger partial charge on any atom is -0.401 e. The fraction of sp³-hybridized carbons (Fsp3) is 0.0714. The summed E-state index contributed by atoms with van der Waals surface area (Å²) in [6.45, 7) is 0. The van der Waals surface area contributed by atoms with Crippen LogP contribution < -0.4 is 15.8 Å². The average Bonchev–Trinajstić information content (AvgIpc) is 2.42. The predicted octanol–water partition coefficient (Wildman–Crippen LogP) is 3.42. The number of halogens is 3. The first-order chi connectivity index (χ1) is 9.87. The van der Waals surface area contributed by atoms with E-state index in [4.69, 9.17) is 5.73 Å². The van der Waals surface area contributed by atoms with Gasteiger partial charge in [-0.05, 0) is 24.3 Å². The van der Waals surface area contributed by atoms with Crippen LogP contribution in [0.4, 0.5) is 24.5 Å². The van der Waals surface area contributed by atoms with E-state index < -0.39 is 18.0 Å². The molecular weight excluding hydrogens is 285 g/mol. The van der Waals surface area contributed by atoms with Crippen LogP contribution in [0.15, 0.2) is 48.5 Å². The molecule has 0 spiro atoms. The molecule has 2 rings (SSSR count). The van der Waals surface area contributed by atoms with Gasteiger partial charge in [0.25, 0.3) is 5.91 Å². The number of carbonyl (C=O) groups is 1. The maximum absolute atomic E-state index is 12.4. The summed E-state index contributed by atoms with van der Waals surface area (Å²) in [5, 5.41) is 2.35. The van der Waals surface area contributed by atoms with E-state index in [0.717, 1.165) is 0 Å². The van der Waals surface area contributed by atoms with Crippen LogP contribution >= 0.6 is 0 Å². The Labute approximate surface area is 118 Å². The zero-order chi connectivity index (χ0) is 15.5. The molecule has 0 unspecified atom stereocenters. The molecule has 3 N–H and O–H groups in total. The van der Waals surface area contributed by atoms with Crippen LogP contribution in [-0.2, 0) is 0 Å². The normalized spacial score (nSPS) is 11.0. The summed E-state index contributed by atoms with van der Waals surface area (Å²) >= 11 is 0. The van der Waals surface area contributed by atoms with Crippen LogP contribution in [0.2, 0.25) is 0 Å². The van der Waals surface area contributed by atoms with Crippen molar-refractivity contribution in [2.75, 3.05) is 11.1 Å². The monoisotopic (exact) mass is 296 g/mol. The van der Waals surface area contributed by atoms with Gasteiger partial charge in [-0.15, -0.1) is 13.2 Å². The molecule has 0 aliphatic rings. The summed E-state index contributed by atoms with van der Waals surface area (Å²) in [5.41, 5.74) is 5.39. The van der Waals surface area contributed by atoms with Gasteiger partial charge in [0.15, 0.2) is 5.75 Å². The molecular formula is C14H11F3N2O2. The molecule has 0 saturated carbocycles. The van der Waals surface area contributed by atoms with Gasteiger partial charge < -0.3 is 15.8 Å². The number of ether oxygens (including phenoxy) is 1. The van der Waals surface area contributed by atoms with Crippen molar-refractivity contribution < 1.29 is 22.7 Å². The lowest BCUT2D eigenvalue weighted by atomic mass is 10.2. The maximum atomic E-state index is 12.4. The van der Waals surface area contributed by atoms with E-state index in [0.29, 0.717) is 5.56 Å². The molecule has 110 valence electrons. The summed E-state index contributed by atoms with van der Waals surface area (Å²) in [5.74, 6) is -1.19. The highest BCUT2D eigenvalue weighted by molar-refractivity contribution is 6.05. The molecule has 1 amide bonds. The van der Waals surface area contributed by atoms with Crippen LogP contribution in [0.5, 0.6) is 5.75 Å². The van der Waals surface area contributed by atoms with Gasteiger partial charge >= 0.3 is 6.36 Å². The topological polar surface area (TPSA) is 64.3 Å². The highest BCUT2D eigenvalue weighted by atomic mass is 19.4. The van der Waals surface area contributed by atoms with Crippen LogP contribution in [-0.4, -0.2) is 12.3 Å². The van der Waals surface area contributed by atoms with Gasteiger partial charge in [0.2, 0.25) is 0 Å². The number of anilines is 2. The zero-order valence-corrected chi connectivity index (χ0v) is 10.6. The van der Waals surface area contributed by atoms with Crippen molar-refractivity contribution >= 4 is 17.3 Å². The third-order valence-electron chi connectivity index (χ3n) is 2.55. The SMILES string of the molecule is Nc1cccc(NC(=O)c2ccccc2)c1OC(F)(F)F. The van der Waals surface area contributed by atoms with Gasteiger partial charge in [-0.1, -0.05) is 24.3 Å². The molecule has 0 bridgehead atoms. The van der Waals surface area contributed by atoms with Gasteiger partial charge in [-0.2, -0.15) is 0 Å². The lowest BCUT2D eigenvalue weighted by molar-refractivity contribution is -0.274. The lowest BCUT2D eigenvalue weighted by Crippen LogP contribution is -2.20. The Hall–Kier alpha value is -2.70. The molecule has 21 heavy (non-hydrogen) atoms. The molecule has 2 aromatic rings. The first-order valence-corrected chi connectivity index (χ1v) is 5.87. The fourth-order valence-corrected chi connectivity index (χ4v) is 1.67. The van der Waals surface area contributed by atoms with E-state index in [2.05, 4.69) is 10.1 Å². The Bertz CT molecular complexity index is 642. The van der Waals surface area contributed by atoms with E-state index in [-0.39, 0.29) is 11.4 Å². The number of benzene rings is 2. The molecule has 0 atom stereocenters. The van der Waals surface area contributed by atoms with Gasteiger partial charge in [-0.3, -0.25) is 4.79 Å². The van der Waals surface area contributed by atoms with Crippen molar-refractivity contribution in [3.63, 3.8) is 0 Å². The largest absolute Gasteiger partial charge is 0.573 e. The number of rotatable bonds is 3. The molecule has 0 aliphatic carbocycles. The Morgan fingerprint density at radius 2 is 1.71 bits per heavy atom. The van der Waals surface area contributed by atoms with E-state index in [1.165, 1.54) is 30.3 Å². The number of hydrogen-bond acceptors (Lipinski definition) is 3. The van der Waals surface area contributed by atoms with E-state index in [9.17, 15) is 18.0 Å². The third kappa shape index (κ3) is 3.88. The minimum atomic E-state index is -4.90. The fourth-order valence-electron chi connectivity index (χ4n) is 1.67. The second-order valence-corrected chi connectivity index (χ2v) is 4.09. The molecule has 7 heteroatoms. The number of para-hydroxylation sites is 1. The molecule has 2 aromatic carbocycles. The van der Waals surface area contributed by atoms with Crippen molar-refractivity contribution in [2.24, 2.45) is 0 Å². The summed E-state index contributed by atoms with van der Waals surface area (Å²) in [7, 11) is 0. The number of nitrogens with two attached hydrogens (primary N) is 1. The van der Waals surface area contributed by atoms with Crippen LogP contribution in [0.1, 0.15) is 10.4 Å². The van der Waals surface area contributed by atoms with Crippen LogP contribution in [0.25, 0.3) is 0 Å². The van der Waals surface area contributed by atoms with Crippen molar-refractivity contribution in [3.05, 3.63) is 54.1 Å². The number of nitrogens with one attached hydrogen (secondary N) is 1. The van der Waals surface area contributed by atoms with Crippen molar-refractivity contribution in [1.29, 1.82) is 0 Å². The molecule has 0 heterocycles. The highest BCUT2D eigenvalue weighted by Crippen LogP contribution is 2.35. The summed E-state index contributed by atoms with van der Waals surface area (Å²) in [4.78, 5) is 12.0. The van der Waals surface area contributed by atoms with Crippen molar-refractivity contribution in [3.8, 4) is 5.75 Å². The Morgan fingerprint density at radius 3 is 2.33 bits per heavy atom. The molecule has 0 fully saturated rings. The quantitative estimate of drug-likeness (QED) is 0.853. The first-order valence-electron chi connectivity index (χ1n) is 5.87. The second kappa shape index (κ2) is 5.74. The number of amides is 1. The molecule has 0 aliphatic heterocycles. The number of nitrogen functional groups attached to an aromatic ring is 1. The van der Waals surface area contributed by atoms with E-state index in [1.54, 1.807) is 18.2 Å². The minimum absolute atomic E-state index is 0.152. The van der Waals surface area contributed by atoms with Crippen molar-refractivity contribution in [2.45, 2.75) is 6.36 Å². The standard InChI is InChI=1S/C14H11F3N2O2/c15-14(16,17)21-12-10(18)7-4-8-11(12)19-13(20)9-5-2-1-3-6-9/h1-8H,18H2,(H,19,20). The maximum Gasteiger partial charge on any atom is 0.573 e. The first kappa shape index (κ1) is 14.7. The molecule has 0 saturated heterocycles. The second-order valence-electron chi connectivity index (χ2n) is 4.09. The summed E-state index contributed by atoms with van der Waals surface area (Å²) in [6, 6.07) is 12.0. The Morgan fingerprint density at radius 1 is 1.05 bits per heavy atom. The predicted molar refractivity (Wildman–Crippen MR) is 71.9 cm³/mol. The lowest BCUT2D eigenvalue weighted by Gasteiger charge is -2.15. The van der Waals surface area contributed by atoms with Crippen molar-refractivity contribution in [1.82, 2.24) is 0 Å². The third-order valence-corrected chi connectivity index (χ3v) is 2.55. The molecule has 0 aromatic heterocycles. The van der Waals surface area contributed by atoms with Gasteiger partial charge in [0, 0.05) is 5.56 Å². The highest BCUT2D eigenvalue weighted by Gasteiger charge is 2.33. The number of alkyl halides is 3. The van der Waals surface area contributed by atoms with Gasteiger partial charge in [0.05, 0.1) is 11.4 Å². The number of carbonyl (C=O) groups excluding carboxylic acids is 1. The smallest absolute Gasteiger partial charge is 0.401 e. The van der Waals surface area contributed by atoms with Gasteiger partial charge in [-0.25, -0.2) is 0 Å². The zero-order valence-electron chi connectivity index (χ0n) is 10.6. The Kier molecular flexibility index (Phi) is 4.02. The Balaban J connectivity index is 2.28. The summed E-state index contributed by atoms with van der Waals surface area (Å²) in [6.07, 6.45) is -4.90. The summed E-state index contributed by atoms with van der Waals surface area (Å²) < 4.78 is 41.0. The van der Waals surface area contributed by atoms with E-state index >= 15 is 0 Å². The van der Waals surface area contributed by atoms with Gasteiger partial charge in [0.1, 0.15) is 0 Å². The number of hydrogen-bond donors (Lipinski definition) is 2. The molecule has 0 radical (unpaired) electrons. The average molecular weight is 296 g/mol. The van der Waals surface area contributed by atoms with Crippen LogP contribution in [0.3, 0.4) is 0 Å².